The third-order valence-electron chi connectivity index (χ3n) is 4.92. The van der Waals surface area contributed by atoms with Crippen molar-refractivity contribution >= 4 is 16.7 Å². The summed E-state index contributed by atoms with van der Waals surface area (Å²) < 4.78 is 11.2. The molecule has 3 nitrogen and oxygen atoms in total. The largest absolute Gasteiger partial charge is 0.489 e. The van der Waals surface area contributed by atoms with Gasteiger partial charge < -0.3 is 9.47 Å². The predicted molar refractivity (Wildman–Crippen MR) is 89.2 cm³/mol. The number of carbonyl (C=O) groups excluding carboxylic acids is 1. The fourth-order valence-electron chi connectivity index (χ4n) is 3.77. The first kappa shape index (κ1) is 14.3. The highest BCUT2D eigenvalue weighted by Crippen LogP contribution is 2.43. The van der Waals surface area contributed by atoms with Crippen molar-refractivity contribution in [3.63, 3.8) is 0 Å². The highest BCUT2D eigenvalue weighted by Gasteiger charge is 2.40. The molecule has 2 aromatic carbocycles. The fourth-order valence-corrected chi connectivity index (χ4v) is 3.77. The molecule has 3 heteroatoms. The lowest BCUT2D eigenvalue weighted by molar-refractivity contribution is -0.150. The van der Waals surface area contributed by atoms with Crippen LogP contribution in [0.1, 0.15) is 12.8 Å². The Hall–Kier alpha value is -2.29. The van der Waals surface area contributed by atoms with Crippen molar-refractivity contribution in [1.29, 1.82) is 0 Å². The number of ether oxygens (including phenoxy) is 2. The molecule has 23 heavy (non-hydrogen) atoms. The van der Waals surface area contributed by atoms with E-state index in [0.717, 1.165) is 29.4 Å². The number of esters is 1. The summed E-state index contributed by atoms with van der Waals surface area (Å²) in [6, 6.07) is 14.1. The molecule has 0 amide bonds. The van der Waals surface area contributed by atoms with Gasteiger partial charge in [0.2, 0.25) is 0 Å². The number of fused-ring (bicyclic) bond motifs is 3. The van der Waals surface area contributed by atoms with E-state index < -0.39 is 0 Å². The zero-order valence-corrected chi connectivity index (χ0v) is 13.0. The van der Waals surface area contributed by atoms with E-state index >= 15 is 0 Å². The van der Waals surface area contributed by atoms with Gasteiger partial charge in [0.05, 0.1) is 5.92 Å². The smallest absolute Gasteiger partial charge is 0.309 e. The minimum atomic E-state index is -0.0663. The van der Waals surface area contributed by atoms with E-state index in [9.17, 15) is 4.79 Å². The molecule has 0 N–H and O–H groups in total. The van der Waals surface area contributed by atoms with Gasteiger partial charge in [-0.15, -0.1) is 0 Å². The predicted octanol–water partition coefficient (Wildman–Crippen LogP) is 3.97. The van der Waals surface area contributed by atoms with Crippen molar-refractivity contribution in [3.8, 4) is 5.75 Å². The monoisotopic (exact) mass is 308 g/mol. The Balaban J connectivity index is 1.30. The zero-order valence-electron chi connectivity index (χ0n) is 13.0. The lowest BCUT2D eigenvalue weighted by Crippen LogP contribution is -2.23. The SMILES string of the molecule is O=C(OCCOc1cccc2ccccc12)C1CC2C=CC1C2. The number of carbonyl (C=O) groups is 1. The van der Waals surface area contributed by atoms with Gasteiger partial charge in [0.1, 0.15) is 19.0 Å². The average Bonchev–Trinajstić information content (AvgIpc) is 3.22. The van der Waals surface area contributed by atoms with Crippen LogP contribution in [0.5, 0.6) is 5.75 Å². The van der Waals surface area contributed by atoms with Crippen LogP contribution in [-0.4, -0.2) is 19.2 Å². The number of hydrogen-bond acceptors (Lipinski definition) is 3. The van der Waals surface area contributed by atoms with E-state index in [2.05, 4.69) is 24.3 Å². The highest BCUT2D eigenvalue weighted by molar-refractivity contribution is 5.88. The maximum absolute atomic E-state index is 12.1. The molecule has 2 aliphatic rings. The molecule has 118 valence electrons. The van der Waals surface area contributed by atoms with E-state index in [1.165, 1.54) is 0 Å². The van der Waals surface area contributed by atoms with E-state index in [4.69, 9.17) is 9.47 Å². The van der Waals surface area contributed by atoms with Crippen molar-refractivity contribution in [2.24, 2.45) is 17.8 Å². The van der Waals surface area contributed by atoms with Crippen LogP contribution < -0.4 is 4.74 Å². The Morgan fingerprint density at radius 3 is 2.70 bits per heavy atom. The molecule has 0 aromatic heterocycles. The summed E-state index contributed by atoms with van der Waals surface area (Å²) in [6.07, 6.45) is 6.47. The van der Waals surface area contributed by atoms with Gasteiger partial charge in [-0.05, 0) is 36.1 Å². The first-order valence-corrected chi connectivity index (χ1v) is 8.27. The molecule has 3 atom stereocenters. The van der Waals surface area contributed by atoms with Gasteiger partial charge in [-0.25, -0.2) is 0 Å². The molecule has 3 unspecified atom stereocenters. The Labute approximate surface area is 135 Å². The maximum atomic E-state index is 12.1. The first-order valence-electron chi connectivity index (χ1n) is 8.27. The summed E-state index contributed by atoms with van der Waals surface area (Å²) in [5.41, 5.74) is 0. The molecular formula is C20H20O3. The molecule has 0 saturated heterocycles. The Morgan fingerprint density at radius 2 is 1.87 bits per heavy atom. The number of rotatable bonds is 5. The van der Waals surface area contributed by atoms with E-state index in [1.807, 2.05) is 30.3 Å². The molecule has 1 fully saturated rings. The van der Waals surface area contributed by atoms with Gasteiger partial charge >= 0.3 is 5.97 Å². The van der Waals surface area contributed by atoms with Crippen molar-refractivity contribution in [2.75, 3.05) is 13.2 Å². The zero-order chi connectivity index (χ0) is 15.6. The minimum Gasteiger partial charge on any atom is -0.489 e. The third-order valence-corrected chi connectivity index (χ3v) is 4.92. The van der Waals surface area contributed by atoms with Gasteiger partial charge in [0.15, 0.2) is 0 Å². The molecule has 2 bridgehead atoms. The summed E-state index contributed by atoms with van der Waals surface area (Å²) in [5, 5.41) is 2.23. The molecular weight excluding hydrogens is 288 g/mol. The topological polar surface area (TPSA) is 35.5 Å². The van der Waals surface area contributed by atoms with Crippen LogP contribution in [0, 0.1) is 17.8 Å². The second-order valence-corrected chi connectivity index (χ2v) is 6.38. The standard InChI is InChI=1S/C20H20O3/c21-20(18-13-14-8-9-16(18)12-14)23-11-10-22-19-7-3-5-15-4-1-2-6-17(15)19/h1-9,14,16,18H,10-13H2. The molecule has 0 heterocycles. The van der Waals surface area contributed by atoms with Crippen LogP contribution in [0.25, 0.3) is 10.8 Å². The Bertz CT molecular complexity index is 744. The van der Waals surface area contributed by atoms with Gasteiger partial charge in [-0.3, -0.25) is 4.79 Å². The second kappa shape index (κ2) is 6.07. The van der Waals surface area contributed by atoms with Crippen molar-refractivity contribution in [3.05, 3.63) is 54.6 Å². The molecule has 2 aromatic rings. The normalized spacial score (nSPS) is 25.0. The summed E-state index contributed by atoms with van der Waals surface area (Å²) in [7, 11) is 0. The Morgan fingerprint density at radius 1 is 1.00 bits per heavy atom. The summed E-state index contributed by atoms with van der Waals surface area (Å²) >= 11 is 0. The van der Waals surface area contributed by atoms with E-state index in [-0.39, 0.29) is 11.9 Å². The maximum Gasteiger partial charge on any atom is 0.309 e. The number of allylic oxidation sites excluding steroid dienone is 2. The van der Waals surface area contributed by atoms with Crippen LogP contribution in [-0.2, 0) is 9.53 Å². The number of benzene rings is 2. The van der Waals surface area contributed by atoms with Gasteiger partial charge in [-0.1, -0.05) is 48.6 Å². The highest BCUT2D eigenvalue weighted by atomic mass is 16.6. The Kier molecular flexibility index (Phi) is 3.78. The van der Waals surface area contributed by atoms with Crippen molar-refractivity contribution in [1.82, 2.24) is 0 Å². The van der Waals surface area contributed by atoms with Crippen LogP contribution in [0.2, 0.25) is 0 Å². The van der Waals surface area contributed by atoms with Crippen LogP contribution in [0.15, 0.2) is 54.6 Å². The van der Waals surface area contributed by atoms with Crippen molar-refractivity contribution < 1.29 is 14.3 Å². The second-order valence-electron chi connectivity index (χ2n) is 6.38. The van der Waals surface area contributed by atoms with Gasteiger partial charge in [0, 0.05) is 5.39 Å². The van der Waals surface area contributed by atoms with E-state index in [0.29, 0.717) is 25.0 Å². The summed E-state index contributed by atoms with van der Waals surface area (Å²) in [6.45, 7) is 0.691. The molecule has 1 saturated carbocycles. The quantitative estimate of drug-likeness (QED) is 0.476. The molecule has 0 radical (unpaired) electrons. The molecule has 0 aliphatic heterocycles. The van der Waals surface area contributed by atoms with Crippen LogP contribution >= 0.6 is 0 Å². The van der Waals surface area contributed by atoms with E-state index in [1.54, 1.807) is 0 Å². The van der Waals surface area contributed by atoms with Gasteiger partial charge in [-0.2, -0.15) is 0 Å². The first-order chi connectivity index (χ1) is 11.3. The number of hydrogen-bond donors (Lipinski definition) is 0. The van der Waals surface area contributed by atoms with Crippen molar-refractivity contribution in [2.45, 2.75) is 12.8 Å². The molecule has 4 rings (SSSR count). The van der Waals surface area contributed by atoms with Crippen LogP contribution in [0.3, 0.4) is 0 Å². The minimum absolute atomic E-state index is 0.0579. The third kappa shape index (κ3) is 2.83. The van der Waals surface area contributed by atoms with Gasteiger partial charge in [0.25, 0.3) is 0 Å². The summed E-state index contributed by atoms with van der Waals surface area (Å²) in [5.74, 6) is 1.81. The fraction of sp³-hybridized carbons (Fsp3) is 0.350. The lowest BCUT2D eigenvalue weighted by Gasteiger charge is -2.17. The lowest BCUT2D eigenvalue weighted by atomic mass is 9.94. The van der Waals surface area contributed by atoms with Crippen LogP contribution in [0.4, 0.5) is 0 Å². The molecule has 0 spiro atoms. The average molecular weight is 308 g/mol. The summed E-state index contributed by atoms with van der Waals surface area (Å²) in [4.78, 5) is 12.1. The molecule has 2 aliphatic carbocycles.